The molecule has 47 heavy (non-hydrogen) atoms. The van der Waals surface area contributed by atoms with Crippen LogP contribution in [0.4, 0.5) is 4.79 Å². The highest BCUT2D eigenvalue weighted by Crippen LogP contribution is 2.29. The van der Waals surface area contributed by atoms with Crippen LogP contribution in [0.15, 0.2) is 72.8 Å². The molecule has 248 valence electrons. The van der Waals surface area contributed by atoms with E-state index in [-0.39, 0.29) is 23.8 Å². The first-order valence-corrected chi connectivity index (χ1v) is 17.1. The van der Waals surface area contributed by atoms with Crippen molar-refractivity contribution in [3.63, 3.8) is 0 Å². The third-order valence-corrected chi connectivity index (χ3v) is 9.52. The Morgan fingerprint density at radius 3 is 1.81 bits per heavy atom. The first kappa shape index (κ1) is 32.7. The highest BCUT2D eigenvalue weighted by molar-refractivity contribution is 5.96. The number of likely N-dealkylation sites (tertiary alicyclic amines) is 2. The molecule has 4 heterocycles. The molecule has 0 spiro atoms. The number of nitrogens with zero attached hydrogens (tertiary/aromatic N) is 5. The summed E-state index contributed by atoms with van der Waals surface area (Å²) in [5.41, 5.74) is 3.68. The fourth-order valence-electron chi connectivity index (χ4n) is 7.02. The molecule has 9 heteroatoms. The number of ether oxygens (including phenoxy) is 1. The first-order chi connectivity index (χ1) is 22.6. The minimum absolute atomic E-state index is 0.0267. The lowest BCUT2D eigenvalue weighted by molar-refractivity contribution is -0.139. The number of hydrogen-bond donors (Lipinski definition) is 0. The van der Waals surface area contributed by atoms with Crippen molar-refractivity contribution in [2.75, 3.05) is 52.4 Å². The first-order valence-electron chi connectivity index (χ1n) is 17.1. The fourth-order valence-corrected chi connectivity index (χ4v) is 7.02. The Hall–Kier alpha value is -4.24. The van der Waals surface area contributed by atoms with E-state index in [2.05, 4.69) is 4.90 Å². The van der Waals surface area contributed by atoms with Crippen molar-refractivity contribution in [2.45, 2.75) is 58.1 Å². The second-order valence-electron chi connectivity index (χ2n) is 14.0. The minimum Gasteiger partial charge on any atom is -0.444 e. The average Bonchev–Trinajstić information content (AvgIpc) is 3.11. The number of pyridine rings is 1. The smallest absolute Gasteiger partial charge is 0.410 e. The SMILES string of the molecule is CC(C)(C)OC(=O)N1CCN(C(=O)C2CCCN(C3CCN(C(=O)c4cc(-c5ccccc5)nc(-c5ccccc5)c4)CC3)C2)CC1. The van der Waals surface area contributed by atoms with Crippen molar-refractivity contribution in [1.29, 1.82) is 0 Å². The normalized spacial score (nSPS) is 19.8. The van der Waals surface area contributed by atoms with Crippen molar-refractivity contribution in [1.82, 2.24) is 24.6 Å². The van der Waals surface area contributed by atoms with Crippen LogP contribution in [0.1, 0.15) is 56.8 Å². The summed E-state index contributed by atoms with van der Waals surface area (Å²) in [5, 5.41) is 0. The lowest BCUT2D eigenvalue weighted by Crippen LogP contribution is -2.55. The Balaban J connectivity index is 1.05. The molecule has 0 bridgehead atoms. The zero-order valence-corrected chi connectivity index (χ0v) is 27.9. The molecule has 1 unspecified atom stereocenters. The van der Waals surface area contributed by atoms with E-state index in [4.69, 9.17) is 9.72 Å². The molecule has 3 saturated heterocycles. The summed E-state index contributed by atoms with van der Waals surface area (Å²) in [6, 6.07) is 24.2. The van der Waals surface area contributed by atoms with Crippen molar-refractivity contribution >= 4 is 17.9 Å². The van der Waals surface area contributed by atoms with Crippen molar-refractivity contribution in [3.05, 3.63) is 78.4 Å². The molecule has 3 aromatic rings. The van der Waals surface area contributed by atoms with E-state index in [1.807, 2.05) is 103 Å². The quantitative estimate of drug-likeness (QED) is 0.351. The third kappa shape index (κ3) is 8.01. The van der Waals surface area contributed by atoms with Crippen molar-refractivity contribution in [2.24, 2.45) is 5.92 Å². The monoisotopic (exact) mass is 637 g/mol. The number of benzene rings is 2. The van der Waals surface area contributed by atoms with E-state index < -0.39 is 5.60 Å². The molecule has 3 amide bonds. The van der Waals surface area contributed by atoms with Gasteiger partial charge in [-0.15, -0.1) is 0 Å². The zero-order valence-electron chi connectivity index (χ0n) is 27.9. The second kappa shape index (κ2) is 14.3. The van der Waals surface area contributed by atoms with E-state index >= 15 is 0 Å². The van der Waals surface area contributed by atoms with Crippen LogP contribution in [0, 0.1) is 5.92 Å². The highest BCUT2D eigenvalue weighted by atomic mass is 16.6. The molecule has 1 atom stereocenters. The Morgan fingerprint density at radius 2 is 1.26 bits per heavy atom. The Bertz CT molecular complexity index is 1480. The van der Waals surface area contributed by atoms with Gasteiger partial charge in [0.05, 0.1) is 17.3 Å². The van der Waals surface area contributed by atoms with Gasteiger partial charge in [0.1, 0.15) is 5.60 Å². The Kier molecular flexibility index (Phi) is 9.92. The second-order valence-corrected chi connectivity index (χ2v) is 14.0. The van der Waals surface area contributed by atoms with Gasteiger partial charge in [0.2, 0.25) is 5.91 Å². The number of carbonyl (C=O) groups is 3. The van der Waals surface area contributed by atoms with E-state index in [0.29, 0.717) is 50.9 Å². The lowest BCUT2D eigenvalue weighted by Gasteiger charge is -2.43. The number of carbonyl (C=O) groups excluding carboxylic acids is 3. The van der Waals surface area contributed by atoms with Gasteiger partial charge in [-0.05, 0) is 65.1 Å². The van der Waals surface area contributed by atoms with Gasteiger partial charge in [-0.3, -0.25) is 14.5 Å². The Morgan fingerprint density at radius 1 is 0.702 bits per heavy atom. The van der Waals surface area contributed by atoms with Crippen LogP contribution in [0.5, 0.6) is 0 Å². The molecule has 2 aromatic carbocycles. The van der Waals surface area contributed by atoms with Gasteiger partial charge in [0, 0.05) is 68.5 Å². The molecule has 1 aromatic heterocycles. The molecule has 3 fully saturated rings. The highest BCUT2D eigenvalue weighted by Gasteiger charge is 2.36. The van der Waals surface area contributed by atoms with Gasteiger partial charge in [0.15, 0.2) is 0 Å². The van der Waals surface area contributed by atoms with Crippen LogP contribution in [-0.4, -0.2) is 106 Å². The molecule has 0 radical (unpaired) electrons. The third-order valence-electron chi connectivity index (χ3n) is 9.52. The molecule has 0 N–H and O–H groups in total. The average molecular weight is 638 g/mol. The van der Waals surface area contributed by atoms with Crippen LogP contribution in [0.3, 0.4) is 0 Å². The maximum absolute atomic E-state index is 13.9. The van der Waals surface area contributed by atoms with Crippen LogP contribution in [-0.2, 0) is 9.53 Å². The predicted octanol–water partition coefficient (Wildman–Crippen LogP) is 5.81. The van der Waals surface area contributed by atoms with Gasteiger partial charge in [-0.1, -0.05) is 60.7 Å². The van der Waals surface area contributed by atoms with Gasteiger partial charge in [-0.25, -0.2) is 9.78 Å². The van der Waals surface area contributed by atoms with Crippen LogP contribution >= 0.6 is 0 Å². The standard InChI is InChI=1S/C38H47N5O4/c1-38(2,3)47-37(46)42-23-21-41(22-24-42)35(44)30-15-10-18-43(27-30)32-16-19-40(20-17-32)36(45)31-25-33(28-11-6-4-7-12-28)39-34(26-31)29-13-8-5-9-14-29/h4-9,11-14,25-26,30,32H,10,15-24,27H2,1-3H3. The summed E-state index contributed by atoms with van der Waals surface area (Å²) in [6.07, 6.45) is 3.37. The molecule has 3 aliphatic rings. The molecule has 9 nitrogen and oxygen atoms in total. The Labute approximate surface area is 278 Å². The minimum atomic E-state index is -0.532. The van der Waals surface area contributed by atoms with E-state index in [9.17, 15) is 14.4 Å². The molecular formula is C38H47N5O4. The van der Waals surface area contributed by atoms with Gasteiger partial charge in [-0.2, -0.15) is 0 Å². The number of aromatic nitrogens is 1. The van der Waals surface area contributed by atoms with Crippen LogP contribution in [0.25, 0.3) is 22.5 Å². The summed E-state index contributed by atoms with van der Waals surface area (Å²) in [4.78, 5) is 52.9. The maximum atomic E-state index is 13.9. The lowest BCUT2D eigenvalue weighted by atomic mass is 9.92. The number of piperidine rings is 2. The van der Waals surface area contributed by atoms with E-state index in [1.165, 1.54) is 0 Å². The number of hydrogen-bond acceptors (Lipinski definition) is 6. The van der Waals surface area contributed by atoms with Crippen LogP contribution in [0.2, 0.25) is 0 Å². The van der Waals surface area contributed by atoms with Gasteiger partial charge < -0.3 is 19.4 Å². The van der Waals surface area contributed by atoms with E-state index in [1.54, 1.807) is 4.90 Å². The maximum Gasteiger partial charge on any atom is 0.410 e. The number of rotatable bonds is 5. The topological polar surface area (TPSA) is 86.3 Å². The number of amides is 3. The molecular weight excluding hydrogens is 590 g/mol. The number of piperazine rings is 1. The van der Waals surface area contributed by atoms with Gasteiger partial charge in [0.25, 0.3) is 5.91 Å². The fraction of sp³-hybridized carbons (Fsp3) is 0.474. The molecule has 6 rings (SSSR count). The van der Waals surface area contributed by atoms with Crippen molar-refractivity contribution < 1.29 is 19.1 Å². The molecule has 0 saturated carbocycles. The predicted molar refractivity (Wildman–Crippen MR) is 183 cm³/mol. The summed E-state index contributed by atoms with van der Waals surface area (Å²) in [6.45, 7) is 10.8. The van der Waals surface area contributed by atoms with Crippen LogP contribution < -0.4 is 0 Å². The van der Waals surface area contributed by atoms with Crippen molar-refractivity contribution in [3.8, 4) is 22.5 Å². The summed E-state index contributed by atoms with van der Waals surface area (Å²) < 4.78 is 5.51. The van der Waals surface area contributed by atoms with E-state index in [0.717, 1.165) is 61.3 Å². The summed E-state index contributed by atoms with van der Waals surface area (Å²) in [5.74, 6) is 0.214. The molecule has 3 aliphatic heterocycles. The largest absolute Gasteiger partial charge is 0.444 e. The zero-order chi connectivity index (χ0) is 33.0. The summed E-state index contributed by atoms with van der Waals surface area (Å²) >= 11 is 0. The summed E-state index contributed by atoms with van der Waals surface area (Å²) in [7, 11) is 0. The molecule has 0 aliphatic carbocycles. The van der Waals surface area contributed by atoms with Gasteiger partial charge >= 0.3 is 6.09 Å².